The summed E-state index contributed by atoms with van der Waals surface area (Å²) in [6, 6.07) is 1.85. The molecule has 3 atom stereocenters. The lowest BCUT2D eigenvalue weighted by Gasteiger charge is -2.38. The first-order chi connectivity index (χ1) is 10.3. The van der Waals surface area contributed by atoms with Gasteiger partial charge in [-0.1, -0.05) is 32.5 Å². The maximum absolute atomic E-state index is 12.2. The molecule has 0 aliphatic heterocycles. The van der Waals surface area contributed by atoms with E-state index in [0.717, 1.165) is 18.5 Å². The summed E-state index contributed by atoms with van der Waals surface area (Å²) in [5.74, 6) is 0.814. The van der Waals surface area contributed by atoms with Gasteiger partial charge in [-0.25, -0.2) is 9.97 Å². The van der Waals surface area contributed by atoms with Gasteiger partial charge in [-0.15, -0.1) is 0 Å². The van der Waals surface area contributed by atoms with Gasteiger partial charge in [0.15, 0.2) is 5.16 Å². The van der Waals surface area contributed by atoms with Crippen molar-refractivity contribution in [2.75, 3.05) is 5.75 Å². The van der Waals surface area contributed by atoms with Crippen molar-refractivity contribution in [3.05, 3.63) is 18.0 Å². The Bertz CT molecular complexity index is 590. The molecule has 0 saturated heterocycles. The van der Waals surface area contributed by atoms with E-state index in [0.29, 0.717) is 11.1 Å². The zero-order valence-corrected chi connectivity index (χ0v) is 14.6. The third-order valence-corrected chi connectivity index (χ3v) is 6.91. The largest absolute Gasteiger partial charge is 0.461 e. The predicted octanol–water partition coefficient (Wildman–Crippen LogP) is 3.64. The number of nitrogens with zero attached hydrogens (tertiary/aromatic N) is 2. The number of carbonyl (C=O) groups is 1. The first-order valence-electron chi connectivity index (χ1n) is 7.95. The molecule has 5 heteroatoms. The molecule has 0 aromatic carbocycles. The minimum absolute atomic E-state index is 0.0628. The van der Waals surface area contributed by atoms with E-state index in [-0.39, 0.29) is 28.7 Å². The van der Waals surface area contributed by atoms with Gasteiger partial charge in [0.25, 0.3) is 0 Å². The second-order valence-corrected chi connectivity index (χ2v) is 8.30. The van der Waals surface area contributed by atoms with Crippen LogP contribution in [0.15, 0.2) is 17.4 Å². The SMILES string of the molecule is Cc1ccnc(SCC(=O)O[C@H]2C[C@@H]3CC[C@]2(C)C3(C)C)n1. The van der Waals surface area contributed by atoms with Crippen molar-refractivity contribution in [2.24, 2.45) is 16.7 Å². The van der Waals surface area contributed by atoms with Crippen LogP contribution in [0.5, 0.6) is 0 Å². The van der Waals surface area contributed by atoms with E-state index in [1.165, 1.54) is 18.2 Å². The number of aryl methyl sites for hydroxylation is 1. The molecule has 0 amide bonds. The molecule has 1 heterocycles. The number of hydrogen-bond donors (Lipinski definition) is 0. The summed E-state index contributed by atoms with van der Waals surface area (Å²) in [7, 11) is 0. The van der Waals surface area contributed by atoms with Gasteiger partial charge in [-0.3, -0.25) is 4.79 Å². The summed E-state index contributed by atoms with van der Waals surface area (Å²) in [5, 5.41) is 0.636. The Balaban J connectivity index is 1.57. The number of ether oxygens (including phenoxy) is 1. The Hall–Kier alpha value is -1.10. The highest BCUT2D eigenvalue weighted by molar-refractivity contribution is 7.99. The van der Waals surface area contributed by atoms with Gasteiger partial charge in [0.2, 0.25) is 0 Å². The maximum atomic E-state index is 12.2. The van der Waals surface area contributed by atoms with Gasteiger partial charge in [-0.05, 0) is 43.6 Å². The molecule has 3 rings (SSSR count). The highest BCUT2D eigenvalue weighted by atomic mass is 32.2. The number of aromatic nitrogens is 2. The van der Waals surface area contributed by atoms with Crippen LogP contribution in [0.25, 0.3) is 0 Å². The number of fused-ring (bicyclic) bond motifs is 2. The van der Waals surface area contributed by atoms with E-state index < -0.39 is 0 Å². The van der Waals surface area contributed by atoms with E-state index in [1.807, 2.05) is 13.0 Å². The summed E-state index contributed by atoms with van der Waals surface area (Å²) >= 11 is 1.35. The normalized spacial score (nSPS) is 32.2. The van der Waals surface area contributed by atoms with Crippen LogP contribution in [0.4, 0.5) is 0 Å². The van der Waals surface area contributed by atoms with Crippen LogP contribution < -0.4 is 0 Å². The monoisotopic (exact) mass is 320 g/mol. The van der Waals surface area contributed by atoms with Crippen molar-refractivity contribution >= 4 is 17.7 Å². The first-order valence-corrected chi connectivity index (χ1v) is 8.93. The minimum Gasteiger partial charge on any atom is -0.461 e. The van der Waals surface area contributed by atoms with Gasteiger partial charge >= 0.3 is 5.97 Å². The van der Waals surface area contributed by atoms with Crippen molar-refractivity contribution in [2.45, 2.75) is 58.2 Å². The van der Waals surface area contributed by atoms with Gasteiger partial charge < -0.3 is 4.74 Å². The highest BCUT2D eigenvalue weighted by Crippen LogP contribution is 2.66. The molecule has 0 radical (unpaired) electrons. The summed E-state index contributed by atoms with van der Waals surface area (Å²) in [6.07, 6.45) is 5.23. The first kappa shape index (κ1) is 15.8. The molecular formula is C17H24N2O2S. The Morgan fingerprint density at radius 1 is 1.45 bits per heavy atom. The zero-order chi connectivity index (χ0) is 16.0. The van der Waals surface area contributed by atoms with Crippen molar-refractivity contribution in [3.8, 4) is 0 Å². The number of thioether (sulfide) groups is 1. The second-order valence-electron chi connectivity index (χ2n) is 7.36. The third kappa shape index (κ3) is 2.53. The molecule has 0 spiro atoms. The number of rotatable bonds is 4. The lowest BCUT2D eigenvalue weighted by molar-refractivity contribution is -0.153. The Morgan fingerprint density at radius 2 is 2.23 bits per heavy atom. The number of esters is 1. The summed E-state index contributed by atoms with van der Waals surface area (Å²) in [6.45, 7) is 8.86. The van der Waals surface area contributed by atoms with Gasteiger partial charge in [-0.2, -0.15) is 0 Å². The van der Waals surface area contributed by atoms with E-state index >= 15 is 0 Å². The van der Waals surface area contributed by atoms with Gasteiger partial charge in [0.1, 0.15) is 6.10 Å². The van der Waals surface area contributed by atoms with Crippen LogP contribution in [-0.4, -0.2) is 27.8 Å². The molecule has 22 heavy (non-hydrogen) atoms. The van der Waals surface area contributed by atoms with Crippen molar-refractivity contribution in [3.63, 3.8) is 0 Å². The van der Waals surface area contributed by atoms with Crippen molar-refractivity contribution < 1.29 is 9.53 Å². The summed E-state index contributed by atoms with van der Waals surface area (Å²) < 4.78 is 5.82. The highest BCUT2D eigenvalue weighted by Gasteiger charge is 2.62. The van der Waals surface area contributed by atoms with Gasteiger partial charge in [0.05, 0.1) is 5.75 Å². The fourth-order valence-electron chi connectivity index (χ4n) is 4.12. The zero-order valence-electron chi connectivity index (χ0n) is 13.8. The standard InChI is InChI=1S/C17H24N2O2S/c1-11-6-8-18-15(19-11)22-10-14(20)21-13-9-12-5-7-17(13,4)16(12,2)3/h6,8,12-13H,5,7,9-10H2,1-4H3/t12-,13-,17-/m0/s1. The molecule has 2 fully saturated rings. The number of hydrogen-bond acceptors (Lipinski definition) is 5. The Morgan fingerprint density at radius 3 is 2.82 bits per heavy atom. The van der Waals surface area contributed by atoms with Crippen molar-refractivity contribution in [1.29, 1.82) is 0 Å². The van der Waals surface area contributed by atoms with Crippen LogP contribution >= 0.6 is 11.8 Å². The van der Waals surface area contributed by atoms with Crippen LogP contribution in [0, 0.1) is 23.7 Å². The molecule has 2 aliphatic rings. The molecule has 120 valence electrons. The molecule has 0 unspecified atom stereocenters. The maximum Gasteiger partial charge on any atom is 0.316 e. The van der Waals surface area contributed by atoms with Crippen LogP contribution in [0.3, 0.4) is 0 Å². The van der Waals surface area contributed by atoms with Crippen LogP contribution in [-0.2, 0) is 9.53 Å². The summed E-state index contributed by atoms with van der Waals surface area (Å²) in [5.41, 5.74) is 1.30. The lowest BCUT2D eigenvalue weighted by Crippen LogP contribution is -2.38. The summed E-state index contributed by atoms with van der Waals surface area (Å²) in [4.78, 5) is 20.6. The molecular weight excluding hydrogens is 296 g/mol. The average molecular weight is 320 g/mol. The molecule has 2 aliphatic carbocycles. The van der Waals surface area contributed by atoms with Crippen LogP contribution in [0.2, 0.25) is 0 Å². The van der Waals surface area contributed by atoms with E-state index in [2.05, 4.69) is 30.7 Å². The quantitative estimate of drug-likeness (QED) is 0.482. The molecule has 2 bridgehead atoms. The lowest BCUT2D eigenvalue weighted by atomic mass is 9.70. The second kappa shape index (κ2) is 5.52. The molecule has 0 N–H and O–H groups in total. The van der Waals surface area contributed by atoms with Gasteiger partial charge in [0, 0.05) is 17.3 Å². The van der Waals surface area contributed by atoms with Crippen molar-refractivity contribution in [1.82, 2.24) is 9.97 Å². The Labute approximate surface area is 136 Å². The van der Waals surface area contributed by atoms with E-state index in [1.54, 1.807) is 6.20 Å². The topological polar surface area (TPSA) is 52.1 Å². The fourth-order valence-corrected chi connectivity index (χ4v) is 4.78. The number of carbonyl (C=O) groups excluding carboxylic acids is 1. The molecule has 2 saturated carbocycles. The molecule has 4 nitrogen and oxygen atoms in total. The Kier molecular flexibility index (Phi) is 3.96. The fraction of sp³-hybridized carbons (Fsp3) is 0.706. The average Bonchev–Trinajstić information content (AvgIpc) is 2.78. The molecule has 1 aromatic heterocycles. The minimum atomic E-state index is -0.148. The third-order valence-electron chi connectivity index (χ3n) is 6.08. The smallest absolute Gasteiger partial charge is 0.316 e. The van der Waals surface area contributed by atoms with E-state index in [9.17, 15) is 4.79 Å². The molecule has 1 aromatic rings. The van der Waals surface area contributed by atoms with E-state index in [4.69, 9.17) is 4.74 Å². The van der Waals surface area contributed by atoms with Crippen LogP contribution in [0.1, 0.15) is 45.7 Å². The predicted molar refractivity (Wildman–Crippen MR) is 86.6 cm³/mol.